The Balaban J connectivity index is 1.45. The van der Waals surface area contributed by atoms with Crippen LogP contribution < -0.4 is 4.90 Å². The monoisotopic (exact) mass is 448 g/mol. The molecule has 2 aromatic heterocycles. The van der Waals surface area contributed by atoms with Crippen molar-refractivity contribution < 1.29 is 17.2 Å². The van der Waals surface area contributed by atoms with Gasteiger partial charge < -0.3 is 4.90 Å². The number of halogens is 2. The number of anilines is 1. The molecule has 0 spiro atoms. The van der Waals surface area contributed by atoms with E-state index in [1.807, 2.05) is 30.9 Å². The van der Waals surface area contributed by atoms with Crippen molar-refractivity contribution in [2.24, 2.45) is 0 Å². The minimum absolute atomic E-state index is 0.0882. The number of hydrogen-bond acceptors (Lipinski definition) is 6. The first-order valence-electron chi connectivity index (χ1n) is 9.75. The maximum atomic E-state index is 13.4. The Morgan fingerprint density at radius 3 is 2.16 bits per heavy atom. The van der Waals surface area contributed by atoms with Crippen LogP contribution in [0.5, 0.6) is 0 Å². The predicted octanol–water partition coefficient (Wildman–Crippen LogP) is 2.21. The third-order valence-electron chi connectivity index (χ3n) is 5.09. The summed E-state index contributed by atoms with van der Waals surface area (Å²) < 4.78 is 55.3. The molecule has 1 aliphatic heterocycles. The van der Waals surface area contributed by atoms with E-state index in [0.29, 0.717) is 24.7 Å². The number of sulfonamides is 1. The number of aryl methyl sites for hydroxylation is 2. The van der Waals surface area contributed by atoms with Gasteiger partial charge in [0.25, 0.3) is 0 Å². The van der Waals surface area contributed by atoms with Crippen molar-refractivity contribution in [3.8, 4) is 5.82 Å². The van der Waals surface area contributed by atoms with Gasteiger partial charge in [-0.1, -0.05) is 0 Å². The fourth-order valence-corrected chi connectivity index (χ4v) is 5.17. The normalized spacial score (nSPS) is 15.4. The lowest BCUT2D eigenvalue weighted by Gasteiger charge is -2.34. The molecule has 0 N–H and O–H groups in total. The first-order valence-corrected chi connectivity index (χ1v) is 11.4. The second kappa shape index (κ2) is 8.31. The molecule has 1 saturated heterocycles. The Morgan fingerprint density at radius 1 is 0.903 bits per heavy atom. The zero-order chi connectivity index (χ0) is 22.2. The van der Waals surface area contributed by atoms with Crippen LogP contribution in [-0.4, -0.2) is 58.7 Å². The summed E-state index contributed by atoms with van der Waals surface area (Å²) in [4.78, 5) is 10.6. The lowest BCUT2D eigenvalue weighted by atomic mass is 10.2. The quantitative estimate of drug-likeness (QED) is 0.595. The van der Waals surface area contributed by atoms with Crippen LogP contribution in [0.2, 0.25) is 0 Å². The van der Waals surface area contributed by atoms with Crippen LogP contribution in [-0.2, 0) is 15.8 Å². The van der Waals surface area contributed by atoms with Gasteiger partial charge in [0.15, 0.2) is 5.82 Å². The van der Waals surface area contributed by atoms with E-state index in [9.17, 15) is 17.2 Å². The van der Waals surface area contributed by atoms with E-state index < -0.39 is 27.4 Å². The van der Waals surface area contributed by atoms with Crippen LogP contribution in [0.25, 0.3) is 5.82 Å². The Hall–Kier alpha value is -2.92. The van der Waals surface area contributed by atoms with Gasteiger partial charge in [-0.25, -0.2) is 31.8 Å². The Kier molecular flexibility index (Phi) is 5.71. The number of piperazine rings is 1. The predicted molar refractivity (Wildman–Crippen MR) is 111 cm³/mol. The molecule has 0 aliphatic carbocycles. The molecule has 1 aliphatic rings. The molecule has 3 aromatic rings. The second-order valence-corrected chi connectivity index (χ2v) is 9.46. The fraction of sp³-hybridized carbons (Fsp3) is 0.350. The largest absolute Gasteiger partial charge is 0.354 e. The third-order valence-corrected chi connectivity index (χ3v) is 6.94. The van der Waals surface area contributed by atoms with Crippen molar-refractivity contribution in [3.63, 3.8) is 0 Å². The van der Waals surface area contributed by atoms with Crippen molar-refractivity contribution in [1.29, 1.82) is 0 Å². The molecule has 164 valence electrons. The molecular formula is C20H22F2N6O2S. The van der Waals surface area contributed by atoms with Crippen LogP contribution in [0.4, 0.5) is 14.6 Å². The molecule has 0 bridgehead atoms. The molecule has 0 radical (unpaired) electrons. The molecule has 1 aromatic carbocycles. The van der Waals surface area contributed by atoms with Crippen molar-refractivity contribution in [1.82, 2.24) is 24.1 Å². The highest BCUT2D eigenvalue weighted by Gasteiger charge is 2.28. The summed E-state index contributed by atoms with van der Waals surface area (Å²) in [5.74, 6) is -0.716. The summed E-state index contributed by atoms with van der Waals surface area (Å²) >= 11 is 0. The van der Waals surface area contributed by atoms with E-state index >= 15 is 0 Å². The molecular weight excluding hydrogens is 426 g/mol. The van der Waals surface area contributed by atoms with Gasteiger partial charge in [0, 0.05) is 44.0 Å². The zero-order valence-corrected chi connectivity index (χ0v) is 18.0. The Bertz CT molecular complexity index is 1190. The van der Waals surface area contributed by atoms with Crippen LogP contribution in [0.1, 0.15) is 17.0 Å². The van der Waals surface area contributed by atoms with Crippen LogP contribution in [0, 0.1) is 25.5 Å². The highest BCUT2D eigenvalue weighted by Crippen LogP contribution is 2.20. The molecule has 0 atom stereocenters. The van der Waals surface area contributed by atoms with Crippen molar-refractivity contribution in [2.45, 2.75) is 19.6 Å². The van der Waals surface area contributed by atoms with Gasteiger partial charge in [0.1, 0.15) is 23.8 Å². The highest BCUT2D eigenvalue weighted by atomic mass is 32.2. The molecule has 8 nitrogen and oxygen atoms in total. The smallest absolute Gasteiger partial charge is 0.218 e. The SMILES string of the molecule is Cc1cc(C)n(-c2cc(N3CCN(S(=O)(=O)Cc4cc(F)cc(F)c4)CC3)ncn2)n1. The molecule has 0 unspecified atom stereocenters. The summed E-state index contributed by atoms with van der Waals surface area (Å²) in [6.45, 7) is 5.22. The third kappa shape index (κ3) is 4.72. The molecule has 11 heteroatoms. The molecule has 0 saturated carbocycles. The van der Waals surface area contributed by atoms with Crippen molar-refractivity contribution >= 4 is 15.8 Å². The topological polar surface area (TPSA) is 84.2 Å². The number of aromatic nitrogens is 4. The minimum Gasteiger partial charge on any atom is -0.354 e. The standard InChI is InChI=1S/C20H22F2N6O2S/c1-14-7-15(2)28(25-14)20-11-19(23-13-24-20)26-3-5-27(6-4-26)31(29,30)12-16-8-17(21)10-18(22)9-16/h7-11,13H,3-6,12H2,1-2H3. The molecule has 3 heterocycles. The zero-order valence-electron chi connectivity index (χ0n) is 17.2. The minimum atomic E-state index is -3.70. The van der Waals surface area contributed by atoms with Crippen LogP contribution in [0.15, 0.2) is 36.7 Å². The lowest BCUT2D eigenvalue weighted by molar-refractivity contribution is 0.383. The fourth-order valence-electron chi connectivity index (χ4n) is 3.68. The van der Waals surface area contributed by atoms with Gasteiger partial charge in [-0.2, -0.15) is 9.40 Å². The Labute approximate surface area is 179 Å². The van der Waals surface area contributed by atoms with Gasteiger partial charge in [-0.3, -0.25) is 0 Å². The van der Waals surface area contributed by atoms with Crippen LogP contribution in [0.3, 0.4) is 0 Å². The van der Waals surface area contributed by atoms with Crippen LogP contribution >= 0.6 is 0 Å². The Morgan fingerprint density at radius 2 is 1.55 bits per heavy atom. The first kappa shape index (κ1) is 21.3. The van der Waals surface area contributed by atoms with Gasteiger partial charge in [0.2, 0.25) is 10.0 Å². The molecule has 1 fully saturated rings. The van der Waals surface area contributed by atoms with E-state index in [-0.39, 0.29) is 18.7 Å². The number of hydrogen-bond donors (Lipinski definition) is 0. The summed E-state index contributed by atoms with van der Waals surface area (Å²) in [7, 11) is -3.70. The van der Waals surface area contributed by atoms with E-state index in [0.717, 1.165) is 29.6 Å². The van der Waals surface area contributed by atoms with E-state index in [1.54, 1.807) is 4.68 Å². The second-order valence-electron chi connectivity index (χ2n) is 7.49. The van der Waals surface area contributed by atoms with Gasteiger partial charge in [-0.15, -0.1) is 0 Å². The summed E-state index contributed by atoms with van der Waals surface area (Å²) in [5, 5.41) is 4.43. The van der Waals surface area contributed by atoms with E-state index in [4.69, 9.17) is 0 Å². The van der Waals surface area contributed by atoms with Gasteiger partial charge in [0.05, 0.1) is 11.4 Å². The highest BCUT2D eigenvalue weighted by molar-refractivity contribution is 7.88. The number of benzene rings is 1. The maximum Gasteiger partial charge on any atom is 0.218 e. The van der Waals surface area contributed by atoms with E-state index in [2.05, 4.69) is 15.1 Å². The van der Waals surface area contributed by atoms with Crippen molar-refractivity contribution in [2.75, 3.05) is 31.1 Å². The summed E-state index contributed by atoms with van der Waals surface area (Å²) in [6, 6.07) is 6.57. The van der Waals surface area contributed by atoms with Gasteiger partial charge in [-0.05, 0) is 37.6 Å². The summed E-state index contributed by atoms with van der Waals surface area (Å²) in [6.07, 6.45) is 1.46. The number of rotatable bonds is 5. The first-order chi connectivity index (χ1) is 14.7. The lowest BCUT2D eigenvalue weighted by Crippen LogP contribution is -2.49. The molecule has 4 rings (SSSR count). The van der Waals surface area contributed by atoms with Crippen molar-refractivity contribution in [3.05, 3.63) is 65.2 Å². The summed E-state index contributed by atoms with van der Waals surface area (Å²) in [5.41, 5.74) is 1.92. The maximum absolute atomic E-state index is 13.4. The van der Waals surface area contributed by atoms with Gasteiger partial charge >= 0.3 is 0 Å². The average molecular weight is 448 g/mol. The molecule has 31 heavy (non-hydrogen) atoms. The van der Waals surface area contributed by atoms with E-state index in [1.165, 1.54) is 10.6 Å². The average Bonchev–Trinajstić information content (AvgIpc) is 3.05. The molecule has 0 amide bonds. The number of nitrogens with zero attached hydrogens (tertiary/aromatic N) is 6.